The Bertz CT molecular complexity index is 452. The van der Waals surface area contributed by atoms with Crippen LogP contribution in [0, 0.1) is 5.92 Å². The van der Waals surface area contributed by atoms with E-state index in [9.17, 15) is 9.59 Å². The highest BCUT2D eigenvalue weighted by molar-refractivity contribution is 5.88. The van der Waals surface area contributed by atoms with E-state index in [0.29, 0.717) is 6.54 Å². The molecule has 1 fully saturated rings. The lowest BCUT2D eigenvalue weighted by atomic mass is 10.0. The second-order valence-corrected chi connectivity index (χ2v) is 4.77. The van der Waals surface area contributed by atoms with Gasteiger partial charge in [0.25, 0.3) is 0 Å². The van der Waals surface area contributed by atoms with Crippen LogP contribution in [-0.4, -0.2) is 31.4 Å². The van der Waals surface area contributed by atoms with Crippen LogP contribution >= 0.6 is 0 Å². The normalized spacial score (nSPS) is 14.6. The molecule has 5 heteroatoms. The number of nitrogens with one attached hydrogen (secondary N) is 3. The SMILES string of the molecule is CC(=O)Nc1ccc(CCNC(=O)C2CNC2)cc1. The van der Waals surface area contributed by atoms with Crippen molar-refractivity contribution < 1.29 is 9.59 Å². The van der Waals surface area contributed by atoms with E-state index in [-0.39, 0.29) is 17.7 Å². The number of rotatable bonds is 5. The first kappa shape index (κ1) is 13.5. The number of carbonyl (C=O) groups is 2. The highest BCUT2D eigenvalue weighted by atomic mass is 16.2. The van der Waals surface area contributed by atoms with Crippen LogP contribution < -0.4 is 16.0 Å². The summed E-state index contributed by atoms with van der Waals surface area (Å²) in [6.07, 6.45) is 0.798. The largest absolute Gasteiger partial charge is 0.355 e. The van der Waals surface area contributed by atoms with E-state index in [0.717, 1.165) is 30.8 Å². The van der Waals surface area contributed by atoms with Gasteiger partial charge in [-0.1, -0.05) is 12.1 Å². The molecule has 1 aliphatic heterocycles. The van der Waals surface area contributed by atoms with Crippen molar-refractivity contribution >= 4 is 17.5 Å². The zero-order valence-electron chi connectivity index (χ0n) is 11.0. The van der Waals surface area contributed by atoms with Gasteiger partial charge >= 0.3 is 0 Å². The Balaban J connectivity index is 1.73. The average molecular weight is 261 g/mol. The first-order valence-corrected chi connectivity index (χ1v) is 6.50. The molecule has 19 heavy (non-hydrogen) atoms. The van der Waals surface area contributed by atoms with Crippen molar-refractivity contribution in [3.8, 4) is 0 Å². The number of carbonyl (C=O) groups excluding carboxylic acids is 2. The average Bonchev–Trinajstić information content (AvgIpc) is 2.28. The molecule has 0 bridgehead atoms. The molecule has 0 atom stereocenters. The maximum Gasteiger partial charge on any atom is 0.225 e. The minimum Gasteiger partial charge on any atom is -0.355 e. The molecule has 1 aromatic carbocycles. The Labute approximate surface area is 112 Å². The Kier molecular flexibility index (Phi) is 4.52. The van der Waals surface area contributed by atoms with Crippen LogP contribution in [0.2, 0.25) is 0 Å². The fourth-order valence-corrected chi connectivity index (χ4v) is 1.91. The monoisotopic (exact) mass is 261 g/mol. The van der Waals surface area contributed by atoms with Crippen LogP contribution in [0.5, 0.6) is 0 Å². The molecule has 1 saturated heterocycles. The second-order valence-electron chi connectivity index (χ2n) is 4.77. The van der Waals surface area contributed by atoms with Gasteiger partial charge in [0.15, 0.2) is 0 Å². The predicted octanol–water partition coefficient (Wildman–Crippen LogP) is 0.523. The first-order chi connectivity index (χ1) is 9.15. The van der Waals surface area contributed by atoms with E-state index >= 15 is 0 Å². The van der Waals surface area contributed by atoms with Crippen LogP contribution in [0.3, 0.4) is 0 Å². The van der Waals surface area contributed by atoms with Gasteiger partial charge in [0.2, 0.25) is 11.8 Å². The second kappa shape index (κ2) is 6.33. The molecule has 0 saturated carbocycles. The zero-order chi connectivity index (χ0) is 13.7. The van der Waals surface area contributed by atoms with Gasteiger partial charge in [-0.25, -0.2) is 0 Å². The maximum absolute atomic E-state index is 11.6. The van der Waals surface area contributed by atoms with Crippen molar-refractivity contribution in [3.63, 3.8) is 0 Å². The van der Waals surface area contributed by atoms with Gasteiger partial charge in [-0.3, -0.25) is 9.59 Å². The summed E-state index contributed by atoms with van der Waals surface area (Å²) in [7, 11) is 0. The molecule has 1 heterocycles. The summed E-state index contributed by atoms with van der Waals surface area (Å²) in [6, 6.07) is 7.66. The molecular formula is C14H19N3O2. The maximum atomic E-state index is 11.6. The van der Waals surface area contributed by atoms with E-state index in [2.05, 4.69) is 16.0 Å². The van der Waals surface area contributed by atoms with Gasteiger partial charge in [0, 0.05) is 32.2 Å². The van der Waals surface area contributed by atoms with E-state index in [4.69, 9.17) is 0 Å². The van der Waals surface area contributed by atoms with Crippen LogP contribution in [-0.2, 0) is 16.0 Å². The van der Waals surface area contributed by atoms with E-state index < -0.39 is 0 Å². The lowest BCUT2D eigenvalue weighted by Crippen LogP contribution is -2.51. The summed E-state index contributed by atoms with van der Waals surface area (Å²) < 4.78 is 0. The molecule has 2 rings (SSSR count). The number of hydrogen-bond acceptors (Lipinski definition) is 3. The molecule has 1 aromatic rings. The lowest BCUT2D eigenvalue weighted by Gasteiger charge is -2.25. The summed E-state index contributed by atoms with van der Waals surface area (Å²) in [6.45, 7) is 3.71. The number of amides is 2. The highest BCUT2D eigenvalue weighted by Crippen LogP contribution is 2.10. The molecule has 0 unspecified atom stereocenters. The van der Waals surface area contributed by atoms with Gasteiger partial charge in [-0.15, -0.1) is 0 Å². The van der Waals surface area contributed by atoms with Crippen molar-refractivity contribution in [1.82, 2.24) is 10.6 Å². The summed E-state index contributed by atoms with van der Waals surface area (Å²) in [5.74, 6) is 0.199. The minimum absolute atomic E-state index is 0.0749. The first-order valence-electron chi connectivity index (χ1n) is 6.50. The molecular weight excluding hydrogens is 242 g/mol. The van der Waals surface area contributed by atoms with Gasteiger partial charge in [-0.2, -0.15) is 0 Å². The number of hydrogen-bond donors (Lipinski definition) is 3. The fraction of sp³-hybridized carbons (Fsp3) is 0.429. The highest BCUT2D eigenvalue weighted by Gasteiger charge is 2.23. The third-order valence-electron chi connectivity index (χ3n) is 3.14. The summed E-state index contributed by atoms with van der Waals surface area (Å²) in [5, 5.41) is 8.73. The van der Waals surface area contributed by atoms with Crippen LogP contribution in [0.25, 0.3) is 0 Å². The summed E-state index contributed by atoms with van der Waals surface area (Å²) in [5.41, 5.74) is 1.93. The van der Waals surface area contributed by atoms with Crippen molar-refractivity contribution in [1.29, 1.82) is 0 Å². The fourth-order valence-electron chi connectivity index (χ4n) is 1.91. The Hall–Kier alpha value is -1.88. The molecule has 5 nitrogen and oxygen atoms in total. The van der Waals surface area contributed by atoms with Crippen LogP contribution in [0.4, 0.5) is 5.69 Å². The van der Waals surface area contributed by atoms with Crippen molar-refractivity contribution in [2.75, 3.05) is 25.0 Å². The standard InChI is InChI=1S/C14H19N3O2/c1-10(18)17-13-4-2-11(3-5-13)6-7-16-14(19)12-8-15-9-12/h2-5,12,15H,6-9H2,1H3,(H,16,19)(H,17,18). The predicted molar refractivity (Wildman–Crippen MR) is 73.8 cm³/mol. The molecule has 0 radical (unpaired) electrons. The topological polar surface area (TPSA) is 70.2 Å². The van der Waals surface area contributed by atoms with Crippen molar-refractivity contribution in [3.05, 3.63) is 29.8 Å². The quantitative estimate of drug-likeness (QED) is 0.724. The number of anilines is 1. The Morgan fingerprint density at radius 2 is 1.95 bits per heavy atom. The smallest absolute Gasteiger partial charge is 0.225 e. The lowest BCUT2D eigenvalue weighted by molar-refractivity contribution is -0.126. The third-order valence-corrected chi connectivity index (χ3v) is 3.14. The molecule has 1 aliphatic rings. The molecule has 0 aromatic heterocycles. The van der Waals surface area contributed by atoms with E-state index in [1.807, 2.05) is 24.3 Å². The van der Waals surface area contributed by atoms with Crippen molar-refractivity contribution in [2.45, 2.75) is 13.3 Å². The minimum atomic E-state index is -0.0749. The van der Waals surface area contributed by atoms with E-state index in [1.54, 1.807) is 0 Å². The number of benzene rings is 1. The Morgan fingerprint density at radius 1 is 1.26 bits per heavy atom. The molecule has 0 spiro atoms. The Morgan fingerprint density at radius 3 is 2.47 bits per heavy atom. The van der Waals surface area contributed by atoms with E-state index in [1.165, 1.54) is 6.92 Å². The third kappa shape index (κ3) is 4.06. The molecule has 0 aliphatic carbocycles. The van der Waals surface area contributed by atoms with Crippen LogP contribution in [0.1, 0.15) is 12.5 Å². The molecule has 3 N–H and O–H groups in total. The van der Waals surface area contributed by atoms with Crippen LogP contribution in [0.15, 0.2) is 24.3 Å². The zero-order valence-corrected chi connectivity index (χ0v) is 11.0. The summed E-state index contributed by atoms with van der Waals surface area (Å²) >= 11 is 0. The van der Waals surface area contributed by atoms with Gasteiger partial charge in [0.05, 0.1) is 5.92 Å². The molecule has 2 amide bonds. The van der Waals surface area contributed by atoms with Gasteiger partial charge in [0.1, 0.15) is 0 Å². The molecule has 102 valence electrons. The summed E-state index contributed by atoms with van der Waals surface area (Å²) in [4.78, 5) is 22.5. The van der Waals surface area contributed by atoms with Gasteiger partial charge in [-0.05, 0) is 24.1 Å². The van der Waals surface area contributed by atoms with Crippen molar-refractivity contribution in [2.24, 2.45) is 5.92 Å². The van der Waals surface area contributed by atoms with Gasteiger partial charge < -0.3 is 16.0 Å².